The molecule has 2 aromatic rings. The van der Waals surface area contributed by atoms with Crippen LogP contribution >= 0.6 is 0 Å². The molecule has 2 rings (SSSR count). The largest absolute Gasteiger partial charge is 0.530 e. The molecule has 3 amide bonds. The Balaban J connectivity index is 2.22. The molecular weight excluding hydrogens is 470 g/mol. The lowest BCUT2D eigenvalue weighted by atomic mass is 9.78. The van der Waals surface area contributed by atoms with E-state index in [1.807, 2.05) is 83.1 Å². The molecule has 8 nitrogen and oxygen atoms in total. The van der Waals surface area contributed by atoms with Crippen LogP contribution in [0.25, 0.3) is 0 Å². The van der Waals surface area contributed by atoms with Crippen molar-refractivity contribution in [2.24, 2.45) is 11.3 Å². The number of hydrogen-bond donors (Lipinski definition) is 3. The van der Waals surface area contributed by atoms with Gasteiger partial charge in [-0.1, -0.05) is 81.4 Å². The molecule has 0 aliphatic rings. The molecular formula is C29H40N3O5-. The van der Waals surface area contributed by atoms with Crippen molar-refractivity contribution in [1.82, 2.24) is 15.5 Å². The standard InChI is InChI=1S/C29H41N3O5/c1-20(2)31-26(34)17-23(29(3,4)5)27(35)30-18-25(33)24(16-21-12-8-6-9-13-21)32(28(36)37)19-22-14-10-7-11-15-22/h6-15,20,23-25,33H,16-19H2,1-5H3,(H,30,35)(H,31,34)(H,36,37)/p-1/t23-,24-,25+/m0/s1. The Kier molecular flexibility index (Phi) is 11.1. The van der Waals surface area contributed by atoms with Gasteiger partial charge in [0.2, 0.25) is 11.8 Å². The minimum absolute atomic E-state index is 0.0101. The number of carbonyl (C=O) groups excluding carboxylic acids is 3. The van der Waals surface area contributed by atoms with E-state index in [1.54, 1.807) is 12.1 Å². The van der Waals surface area contributed by atoms with Crippen LogP contribution in [0.3, 0.4) is 0 Å². The SMILES string of the molecule is CC(C)NC(=O)C[C@@H](C(=O)NC[C@@H](O)[C@H](Cc1ccccc1)N(Cc1ccccc1)C(=O)[O-])C(C)(C)C. The van der Waals surface area contributed by atoms with Gasteiger partial charge in [-0.05, 0) is 36.8 Å². The number of nitrogens with one attached hydrogen (secondary N) is 2. The monoisotopic (exact) mass is 510 g/mol. The number of rotatable bonds is 12. The summed E-state index contributed by atoms with van der Waals surface area (Å²) >= 11 is 0. The van der Waals surface area contributed by atoms with Crippen LogP contribution in [-0.4, -0.2) is 52.6 Å². The average Bonchev–Trinajstić information content (AvgIpc) is 2.83. The molecule has 3 atom stereocenters. The van der Waals surface area contributed by atoms with Gasteiger partial charge in [0, 0.05) is 25.6 Å². The van der Waals surface area contributed by atoms with Crippen LogP contribution < -0.4 is 15.7 Å². The van der Waals surface area contributed by atoms with Crippen LogP contribution in [0.1, 0.15) is 52.2 Å². The number of aliphatic hydroxyl groups is 1. The fourth-order valence-electron chi connectivity index (χ4n) is 4.23. The number of carboxylic acid groups (broad SMARTS) is 1. The maximum atomic E-state index is 13.1. The van der Waals surface area contributed by atoms with E-state index >= 15 is 0 Å². The van der Waals surface area contributed by atoms with E-state index in [9.17, 15) is 24.6 Å². The van der Waals surface area contributed by atoms with E-state index in [1.165, 1.54) is 0 Å². The summed E-state index contributed by atoms with van der Waals surface area (Å²) in [5, 5.41) is 29.0. The highest BCUT2D eigenvalue weighted by atomic mass is 16.4. The lowest BCUT2D eigenvalue weighted by Gasteiger charge is -2.37. The van der Waals surface area contributed by atoms with Crippen LogP contribution in [0.4, 0.5) is 4.79 Å². The quantitative estimate of drug-likeness (QED) is 0.405. The molecule has 8 heteroatoms. The molecule has 0 aliphatic carbocycles. The van der Waals surface area contributed by atoms with Crippen molar-refractivity contribution in [1.29, 1.82) is 0 Å². The molecule has 37 heavy (non-hydrogen) atoms. The van der Waals surface area contributed by atoms with Crippen LogP contribution in [0.15, 0.2) is 60.7 Å². The normalized spacial score (nSPS) is 13.9. The van der Waals surface area contributed by atoms with Gasteiger partial charge in [-0.2, -0.15) is 0 Å². The molecule has 0 saturated heterocycles. The van der Waals surface area contributed by atoms with Crippen LogP contribution in [-0.2, 0) is 22.6 Å². The molecule has 0 heterocycles. The van der Waals surface area contributed by atoms with E-state index in [-0.39, 0.29) is 43.8 Å². The topological polar surface area (TPSA) is 122 Å². The third-order valence-electron chi connectivity index (χ3n) is 6.25. The van der Waals surface area contributed by atoms with E-state index in [2.05, 4.69) is 10.6 Å². The van der Waals surface area contributed by atoms with Gasteiger partial charge in [-0.3, -0.25) is 9.59 Å². The Labute approximate surface area is 220 Å². The molecule has 0 saturated carbocycles. The molecule has 202 valence electrons. The van der Waals surface area contributed by atoms with Crippen LogP contribution in [0, 0.1) is 11.3 Å². The Hall–Kier alpha value is -3.39. The van der Waals surface area contributed by atoms with Gasteiger partial charge in [0.25, 0.3) is 0 Å². The first-order valence-corrected chi connectivity index (χ1v) is 12.7. The van der Waals surface area contributed by atoms with Crippen molar-refractivity contribution >= 4 is 17.9 Å². The molecule has 0 aromatic heterocycles. The lowest BCUT2D eigenvalue weighted by molar-refractivity contribution is -0.270. The van der Waals surface area contributed by atoms with Gasteiger partial charge in [0.1, 0.15) is 6.09 Å². The maximum absolute atomic E-state index is 13.1. The van der Waals surface area contributed by atoms with Gasteiger partial charge in [0.15, 0.2) is 0 Å². The Morgan fingerprint density at radius 3 is 1.97 bits per heavy atom. The Morgan fingerprint density at radius 2 is 1.49 bits per heavy atom. The fourth-order valence-corrected chi connectivity index (χ4v) is 4.23. The van der Waals surface area contributed by atoms with Crippen molar-refractivity contribution in [3.63, 3.8) is 0 Å². The lowest BCUT2D eigenvalue weighted by Crippen LogP contribution is -2.55. The smallest absolute Gasteiger partial charge is 0.224 e. The molecule has 0 bridgehead atoms. The maximum Gasteiger partial charge on any atom is 0.224 e. The number of hydrogen-bond acceptors (Lipinski definition) is 5. The summed E-state index contributed by atoms with van der Waals surface area (Å²) in [7, 11) is 0. The minimum Gasteiger partial charge on any atom is -0.530 e. The second-order valence-corrected chi connectivity index (χ2v) is 10.8. The number of amides is 3. The Bertz CT molecular complexity index is 1010. The van der Waals surface area contributed by atoms with Gasteiger partial charge >= 0.3 is 0 Å². The molecule has 0 radical (unpaired) electrons. The van der Waals surface area contributed by atoms with Gasteiger partial charge in [-0.25, -0.2) is 0 Å². The zero-order valence-electron chi connectivity index (χ0n) is 22.4. The second kappa shape index (κ2) is 13.8. The predicted molar refractivity (Wildman–Crippen MR) is 141 cm³/mol. The van der Waals surface area contributed by atoms with Crippen molar-refractivity contribution in [3.8, 4) is 0 Å². The average molecular weight is 511 g/mol. The van der Waals surface area contributed by atoms with Crippen molar-refractivity contribution < 1.29 is 24.6 Å². The zero-order valence-corrected chi connectivity index (χ0v) is 22.4. The number of benzene rings is 2. The summed E-state index contributed by atoms with van der Waals surface area (Å²) in [6.07, 6.45) is -2.38. The fraction of sp³-hybridized carbons (Fsp3) is 0.483. The van der Waals surface area contributed by atoms with E-state index < -0.39 is 29.6 Å². The molecule has 0 fully saturated rings. The molecule has 2 aromatic carbocycles. The van der Waals surface area contributed by atoms with Crippen LogP contribution in [0.2, 0.25) is 0 Å². The first-order chi connectivity index (χ1) is 17.4. The highest BCUT2D eigenvalue weighted by Crippen LogP contribution is 2.29. The third kappa shape index (κ3) is 9.88. The highest BCUT2D eigenvalue weighted by molar-refractivity contribution is 5.86. The van der Waals surface area contributed by atoms with Crippen molar-refractivity contribution in [2.75, 3.05) is 6.54 Å². The molecule has 0 unspecified atom stereocenters. The summed E-state index contributed by atoms with van der Waals surface area (Å²) in [6, 6.07) is 17.4. The number of aliphatic hydroxyl groups excluding tert-OH is 1. The summed E-state index contributed by atoms with van der Waals surface area (Å²) in [4.78, 5) is 38.8. The first-order valence-electron chi connectivity index (χ1n) is 12.7. The minimum atomic E-state index is -1.41. The van der Waals surface area contributed by atoms with Crippen molar-refractivity contribution in [2.45, 2.75) is 72.2 Å². The van der Waals surface area contributed by atoms with Gasteiger partial charge in [-0.15, -0.1) is 0 Å². The Morgan fingerprint density at radius 1 is 0.946 bits per heavy atom. The highest BCUT2D eigenvalue weighted by Gasteiger charge is 2.34. The summed E-state index contributed by atoms with van der Waals surface area (Å²) in [5.74, 6) is -1.22. The molecule has 3 N–H and O–H groups in total. The first kappa shape index (κ1) is 29.8. The van der Waals surface area contributed by atoms with Gasteiger partial charge < -0.3 is 30.5 Å². The van der Waals surface area contributed by atoms with Crippen LogP contribution in [0.5, 0.6) is 0 Å². The van der Waals surface area contributed by atoms with E-state index in [0.717, 1.165) is 16.0 Å². The third-order valence-corrected chi connectivity index (χ3v) is 6.25. The van der Waals surface area contributed by atoms with E-state index in [4.69, 9.17) is 0 Å². The number of nitrogens with zero attached hydrogens (tertiary/aromatic N) is 1. The summed E-state index contributed by atoms with van der Waals surface area (Å²) in [5.41, 5.74) is 1.09. The summed E-state index contributed by atoms with van der Waals surface area (Å²) < 4.78 is 0. The van der Waals surface area contributed by atoms with Gasteiger partial charge in [0.05, 0.1) is 18.1 Å². The van der Waals surface area contributed by atoms with E-state index in [0.29, 0.717) is 0 Å². The summed E-state index contributed by atoms with van der Waals surface area (Å²) in [6.45, 7) is 9.21. The molecule has 0 spiro atoms. The number of carbonyl (C=O) groups is 3. The molecule has 0 aliphatic heterocycles. The predicted octanol–water partition coefficient (Wildman–Crippen LogP) is 2.50. The van der Waals surface area contributed by atoms with Crippen molar-refractivity contribution in [3.05, 3.63) is 71.8 Å². The zero-order chi connectivity index (χ0) is 27.6. The second-order valence-electron chi connectivity index (χ2n) is 10.8.